The van der Waals surface area contributed by atoms with Gasteiger partial charge in [0.05, 0.1) is 0 Å². The van der Waals surface area contributed by atoms with Crippen LogP contribution in [0.25, 0.3) is 0 Å². The number of hydrogen-bond donors (Lipinski definition) is 1. The molecule has 0 aromatic carbocycles. The largest absolute Gasteiger partial charge is 0.459 e. The molecule has 142 valence electrons. The Morgan fingerprint density at radius 1 is 1.16 bits per heavy atom. The van der Waals surface area contributed by atoms with Crippen LogP contribution in [-0.4, -0.2) is 50.1 Å². The van der Waals surface area contributed by atoms with Crippen LogP contribution < -0.4 is 0 Å². The molecule has 0 radical (unpaired) electrons. The molecule has 25 heavy (non-hydrogen) atoms. The van der Waals surface area contributed by atoms with E-state index in [4.69, 9.17) is 18.9 Å². The quantitative estimate of drug-likeness (QED) is 0.620. The van der Waals surface area contributed by atoms with Gasteiger partial charge >= 0.3 is 5.97 Å². The van der Waals surface area contributed by atoms with Gasteiger partial charge in [-0.1, -0.05) is 27.2 Å². The van der Waals surface area contributed by atoms with E-state index in [0.29, 0.717) is 5.57 Å². The molecule has 0 bridgehead atoms. The Kier molecular flexibility index (Phi) is 4.77. The minimum atomic E-state index is -0.959. The molecule has 6 nitrogen and oxygen atoms in total. The molecule has 0 unspecified atom stereocenters. The first kappa shape index (κ1) is 18.8. The van der Waals surface area contributed by atoms with Gasteiger partial charge in [0, 0.05) is 38.0 Å². The maximum atomic E-state index is 11.8. The van der Waals surface area contributed by atoms with E-state index in [1.54, 1.807) is 14.2 Å². The Hall–Kier alpha value is -0.950. The summed E-state index contributed by atoms with van der Waals surface area (Å²) in [4.78, 5) is 11.8. The van der Waals surface area contributed by atoms with Crippen molar-refractivity contribution in [3.8, 4) is 0 Å². The SMILES string of the molecule is CO[C@@H]1O[C@H](OC)C2=C1[C@H](O)[C@@H](OC(C)=O)[C@H]1C(C)(C)CCC[C@]21C. The topological polar surface area (TPSA) is 74.2 Å². The van der Waals surface area contributed by atoms with E-state index in [9.17, 15) is 9.90 Å². The second-order valence-electron chi connectivity index (χ2n) is 8.40. The third kappa shape index (κ3) is 2.74. The summed E-state index contributed by atoms with van der Waals surface area (Å²) in [6.45, 7) is 7.95. The van der Waals surface area contributed by atoms with Crippen LogP contribution in [-0.2, 0) is 23.7 Å². The molecule has 1 fully saturated rings. The number of fused-ring (bicyclic) bond motifs is 2. The summed E-state index contributed by atoms with van der Waals surface area (Å²) in [5.41, 5.74) is 1.26. The highest BCUT2D eigenvalue weighted by Gasteiger charge is 2.63. The number of carbonyl (C=O) groups is 1. The van der Waals surface area contributed by atoms with E-state index in [1.165, 1.54) is 6.92 Å². The van der Waals surface area contributed by atoms with Gasteiger partial charge in [0.1, 0.15) is 12.2 Å². The van der Waals surface area contributed by atoms with E-state index in [1.807, 2.05) is 0 Å². The Bertz CT molecular complexity index is 582. The summed E-state index contributed by atoms with van der Waals surface area (Å²) in [6, 6.07) is 0. The maximum Gasteiger partial charge on any atom is 0.303 e. The van der Waals surface area contributed by atoms with Crippen LogP contribution >= 0.6 is 0 Å². The lowest BCUT2D eigenvalue weighted by Gasteiger charge is -2.57. The number of rotatable bonds is 3. The molecule has 3 aliphatic rings. The van der Waals surface area contributed by atoms with E-state index in [0.717, 1.165) is 24.8 Å². The molecular formula is C19H30O6. The second kappa shape index (κ2) is 6.34. The van der Waals surface area contributed by atoms with Crippen LogP contribution in [0.15, 0.2) is 11.1 Å². The predicted octanol–water partition coefficient (Wildman–Crippen LogP) is 2.40. The normalized spacial score (nSPS) is 42.8. The van der Waals surface area contributed by atoms with Gasteiger partial charge in [0.15, 0.2) is 12.6 Å². The first-order chi connectivity index (χ1) is 11.7. The van der Waals surface area contributed by atoms with Crippen molar-refractivity contribution in [3.63, 3.8) is 0 Å². The summed E-state index contributed by atoms with van der Waals surface area (Å²) < 4.78 is 22.6. The average Bonchev–Trinajstić information content (AvgIpc) is 2.90. The molecule has 1 heterocycles. The van der Waals surface area contributed by atoms with Gasteiger partial charge in [0.25, 0.3) is 0 Å². The van der Waals surface area contributed by atoms with Crippen molar-refractivity contribution in [2.45, 2.75) is 71.7 Å². The van der Waals surface area contributed by atoms with Crippen LogP contribution in [0.3, 0.4) is 0 Å². The first-order valence-corrected chi connectivity index (χ1v) is 8.98. The van der Waals surface area contributed by atoms with E-state index >= 15 is 0 Å². The highest BCUT2D eigenvalue weighted by atomic mass is 16.8. The minimum absolute atomic E-state index is 0.0248. The number of methoxy groups -OCH3 is 2. The van der Waals surface area contributed by atoms with Gasteiger partial charge in [0.2, 0.25) is 0 Å². The molecule has 6 atom stereocenters. The Morgan fingerprint density at radius 2 is 1.80 bits per heavy atom. The minimum Gasteiger partial charge on any atom is -0.459 e. The molecule has 1 N–H and O–H groups in total. The summed E-state index contributed by atoms with van der Waals surface area (Å²) in [6.07, 6.45) is 0.211. The molecular weight excluding hydrogens is 324 g/mol. The summed E-state index contributed by atoms with van der Waals surface area (Å²) in [5, 5.41) is 11.1. The third-order valence-electron chi connectivity index (χ3n) is 6.40. The molecule has 1 saturated carbocycles. The Morgan fingerprint density at radius 3 is 2.36 bits per heavy atom. The zero-order valence-corrected chi connectivity index (χ0v) is 16.0. The zero-order chi connectivity index (χ0) is 18.6. The lowest BCUT2D eigenvalue weighted by atomic mass is 9.49. The van der Waals surface area contributed by atoms with Crippen LogP contribution in [0.4, 0.5) is 0 Å². The summed E-state index contributed by atoms with van der Waals surface area (Å²) in [7, 11) is 3.14. The predicted molar refractivity (Wildman–Crippen MR) is 90.5 cm³/mol. The number of aliphatic hydroxyl groups is 1. The van der Waals surface area contributed by atoms with Gasteiger partial charge in [-0.25, -0.2) is 0 Å². The van der Waals surface area contributed by atoms with Crippen LogP contribution in [0.2, 0.25) is 0 Å². The van der Waals surface area contributed by atoms with E-state index in [-0.39, 0.29) is 22.7 Å². The average molecular weight is 354 g/mol. The lowest BCUT2D eigenvalue weighted by molar-refractivity contribution is -0.185. The van der Waals surface area contributed by atoms with Crippen molar-refractivity contribution in [3.05, 3.63) is 11.1 Å². The number of esters is 1. The highest BCUT2D eigenvalue weighted by Crippen LogP contribution is 2.62. The first-order valence-electron chi connectivity index (χ1n) is 8.98. The number of carbonyl (C=O) groups excluding carboxylic acids is 1. The van der Waals surface area contributed by atoms with Gasteiger partial charge in [-0.2, -0.15) is 0 Å². The van der Waals surface area contributed by atoms with Gasteiger partial charge in [-0.3, -0.25) is 4.79 Å². The lowest BCUT2D eigenvalue weighted by Crippen LogP contribution is -2.59. The molecule has 0 aromatic heterocycles. The molecule has 0 saturated heterocycles. The standard InChI is InChI=1S/C19H30O6/c1-10(20)24-14-13(21)11-12(17(23-6)25-16(11)22-5)19(4)9-7-8-18(2,3)15(14)19/h13-17,21H,7-9H2,1-6H3/t13-,14+,15-,16+,17-,19+/m0/s1. The monoisotopic (exact) mass is 354 g/mol. The maximum absolute atomic E-state index is 11.8. The highest BCUT2D eigenvalue weighted by molar-refractivity contribution is 5.66. The van der Waals surface area contributed by atoms with E-state index < -0.39 is 24.8 Å². The fourth-order valence-electron chi connectivity index (χ4n) is 5.65. The van der Waals surface area contributed by atoms with Gasteiger partial charge in [-0.05, 0) is 23.8 Å². The Labute approximate surface area is 149 Å². The fraction of sp³-hybridized carbons (Fsp3) is 0.842. The number of aliphatic hydroxyl groups excluding tert-OH is 1. The summed E-state index contributed by atoms with van der Waals surface area (Å²) in [5.74, 6) is -0.406. The molecule has 6 heteroatoms. The van der Waals surface area contributed by atoms with Gasteiger partial charge in [-0.15, -0.1) is 0 Å². The smallest absolute Gasteiger partial charge is 0.303 e. The van der Waals surface area contributed by atoms with Crippen molar-refractivity contribution in [2.75, 3.05) is 14.2 Å². The zero-order valence-electron chi connectivity index (χ0n) is 16.0. The molecule has 3 rings (SSSR count). The number of ether oxygens (including phenoxy) is 4. The van der Waals surface area contributed by atoms with Crippen LogP contribution in [0.1, 0.15) is 47.0 Å². The molecule has 1 aliphatic heterocycles. The van der Waals surface area contributed by atoms with E-state index in [2.05, 4.69) is 20.8 Å². The van der Waals surface area contributed by atoms with Crippen LogP contribution in [0.5, 0.6) is 0 Å². The second-order valence-corrected chi connectivity index (χ2v) is 8.40. The van der Waals surface area contributed by atoms with Crippen molar-refractivity contribution in [1.82, 2.24) is 0 Å². The molecule has 0 spiro atoms. The Balaban J connectivity index is 2.19. The summed E-state index contributed by atoms with van der Waals surface area (Å²) >= 11 is 0. The van der Waals surface area contributed by atoms with Crippen molar-refractivity contribution >= 4 is 5.97 Å². The molecule has 2 aliphatic carbocycles. The fourth-order valence-corrected chi connectivity index (χ4v) is 5.65. The third-order valence-corrected chi connectivity index (χ3v) is 6.40. The van der Waals surface area contributed by atoms with Gasteiger partial charge < -0.3 is 24.1 Å². The van der Waals surface area contributed by atoms with Crippen molar-refractivity contribution in [1.29, 1.82) is 0 Å². The van der Waals surface area contributed by atoms with Crippen molar-refractivity contribution in [2.24, 2.45) is 16.7 Å². The number of hydrogen-bond acceptors (Lipinski definition) is 6. The van der Waals surface area contributed by atoms with Crippen molar-refractivity contribution < 1.29 is 28.8 Å². The molecule has 0 aromatic rings. The van der Waals surface area contributed by atoms with Crippen LogP contribution in [0, 0.1) is 16.7 Å². The molecule has 0 amide bonds.